The lowest BCUT2D eigenvalue weighted by Gasteiger charge is -2.31. The number of thioether (sulfide) groups is 1. The lowest BCUT2D eigenvalue weighted by molar-refractivity contribution is -0.222. The van der Waals surface area contributed by atoms with E-state index in [4.69, 9.17) is 9.47 Å². The predicted octanol–water partition coefficient (Wildman–Crippen LogP) is 2.10. The number of cyclic esters (lactones) is 2. The zero-order chi connectivity index (χ0) is 12.5. The molecule has 1 aliphatic heterocycles. The highest BCUT2D eigenvalue weighted by molar-refractivity contribution is 8.02. The third-order valence-electron chi connectivity index (χ3n) is 2.08. The van der Waals surface area contributed by atoms with E-state index < -0.39 is 17.7 Å². The van der Waals surface area contributed by atoms with Crippen molar-refractivity contribution in [1.29, 1.82) is 0 Å². The third-order valence-corrected chi connectivity index (χ3v) is 3.19. The van der Waals surface area contributed by atoms with Crippen LogP contribution in [0.25, 0.3) is 0 Å². The van der Waals surface area contributed by atoms with Gasteiger partial charge in [0.15, 0.2) is 5.57 Å². The van der Waals surface area contributed by atoms with Crippen LogP contribution in [-0.4, -0.2) is 24.0 Å². The van der Waals surface area contributed by atoms with Crippen molar-refractivity contribution in [3.05, 3.63) is 10.5 Å². The van der Waals surface area contributed by atoms with E-state index in [2.05, 4.69) is 0 Å². The van der Waals surface area contributed by atoms with Crippen LogP contribution >= 0.6 is 11.8 Å². The maximum absolute atomic E-state index is 11.7. The van der Waals surface area contributed by atoms with E-state index in [1.807, 2.05) is 20.1 Å². The first-order chi connectivity index (χ1) is 7.28. The molecule has 90 valence electrons. The maximum atomic E-state index is 11.7. The molecule has 0 unspecified atom stereocenters. The Hall–Kier alpha value is -0.970. The molecule has 0 amide bonds. The molecule has 0 radical (unpaired) electrons. The van der Waals surface area contributed by atoms with E-state index in [9.17, 15) is 9.59 Å². The van der Waals surface area contributed by atoms with Crippen molar-refractivity contribution in [2.24, 2.45) is 5.92 Å². The minimum atomic E-state index is -1.17. The normalized spacial score (nSPS) is 19.5. The number of hydrogen-bond donors (Lipinski definition) is 0. The molecule has 1 rings (SSSR count). The Kier molecular flexibility index (Phi) is 3.68. The molecule has 4 nitrogen and oxygen atoms in total. The summed E-state index contributed by atoms with van der Waals surface area (Å²) in [5.41, 5.74) is 0.0295. The Morgan fingerprint density at radius 2 is 1.62 bits per heavy atom. The van der Waals surface area contributed by atoms with Crippen molar-refractivity contribution in [2.75, 3.05) is 6.26 Å². The minimum Gasteiger partial charge on any atom is -0.419 e. The van der Waals surface area contributed by atoms with Crippen LogP contribution < -0.4 is 0 Å². The maximum Gasteiger partial charge on any atom is 0.349 e. The average molecular weight is 244 g/mol. The molecule has 0 aromatic rings. The highest BCUT2D eigenvalue weighted by Crippen LogP contribution is 2.31. The van der Waals surface area contributed by atoms with Gasteiger partial charge >= 0.3 is 11.9 Å². The second kappa shape index (κ2) is 4.49. The van der Waals surface area contributed by atoms with Gasteiger partial charge in [0.1, 0.15) is 0 Å². The molecule has 0 N–H and O–H groups in total. The van der Waals surface area contributed by atoms with E-state index in [-0.39, 0.29) is 11.5 Å². The third kappa shape index (κ3) is 2.58. The second-order valence-electron chi connectivity index (χ2n) is 4.28. The molecule has 1 saturated heterocycles. The summed E-state index contributed by atoms with van der Waals surface area (Å²) in [7, 11) is 0. The molecule has 0 spiro atoms. The van der Waals surface area contributed by atoms with Crippen molar-refractivity contribution < 1.29 is 19.1 Å². The number of ether oxygens (including phenoxy) is 2. The van der Waals surface area contributed by atoms with Crippen molar-refractivity contribution in [3.8, 4) is 0 Å². The van der Waals surface area contributed by atoms with Gasteiger partial charge in [0.2, 0.25) is 0 Å². The number of hydrogen-bond acceptors (Lipinski definition) is 5. The van der Waals surface area contributed by atoms with E-state index in [1.54, 1.807) is 0 Å². The van der Waals surface area contributed by atoms with E-state index in [0.717, 1.165) is 0 Å². The molecule has 1 fully saturated rings. The van der Waals surface area contributed by atoms with Gasteiger partial charge in [-0.25, -0.2) is 9.59 Å². The lowest BCUT2D eigenvalue weighted by atomic mass is 10.1. The largest absolute Gasteiger partial charge is 0.419 e. The molecule has 0 saturated carbocycles. The molecule has 0 aromatic carbocycles. The predicted molar refractivity (Wildman–Crippen MR) is 61.6 cm³/mol. The van der Waals surface area contributed by atoms with Crippen molar-refractivity contribution in [2.45, 2.75) is 33.5 Å². The fourth-order valence-corrected chi connectivity index (χ4v) is 2.32. The van der Waals surface area contributed by atoms with Gasteiger partial charge in [-0.1, -0.05) is 13.8 Å². The summed E-state index contributed by atoms with van der Waals surface area (Å²) < 4.78 is 10.1. The fraction of sp³-hybridized carbons (Fsp3) is 0.636. The van der Waals surface area contributed by atoms with Crippen LogP contribution in [0.15, 0.2) is 10.5 Å². The van der Waals surface area contributed by atoms with Crippen LogP contribution in [0.3, 0.4) is 0 Å². The Morgan fingerprint density at radius 1 is 1.19 bits per heavy atom. The smallest absolute Gasteiger partial charge is 0.349 e. The molecular weight excluding hydrogens is 228 g/mol. The molecule has 5 heteroatoms. The van der Waals surface area contributed by atoms with Crippen molar-refractivity contribution in [3.63, 3.8) is 0 Å². The molecule has 0 aromatic heterocycles. The quantitative estimate of drug-likeness (QED) is 0.423. The minimum absolute atomic E-state index is 0.0295. The van der Waals surface area contributed by atoms with Gasteiger partial charge in [-0.2, -0.15) is 0 Å². The molecule has 16 heavy (non-hydrogen) atoms. The topological polar surface area (TPSA) is 52.6 Å². The van der Waals surface area contributed by atoms with Crippen LogP contribution in [0.4, 0.5) is 0 Å². The summed E-state index contributed by atoms with van der Waals surface area (Å²) in [6.45, 7) is 6.90. The standard InChI is InChI=1S/C11H16O4S/c1-6(2)8(16-5)7-9(12)14-11(3,4)15-10(7)13/h6H,1-5H3. The molecule has 0 bridgehead atoms. The number of carbonyl (C=O) groups is 2. The van der Waals surface area contributed by atoms with Gasteiger partial charge in [0, 0.05) is 18.8 Å². The number of rotatable bonds is 2. The van der Waals surface area contributed by atoms with Crippen LogP contribution in [0, 0.1) is 5.92 Å². The summed E-state index contributed by atoms with van der Waals surface area (Å²) in [6.07, 6.45) is 1.82. The monoisotopic (exact) mass is 244 g/mol. The van der Waals surface area contributed by atoms with Crippen LogP contribution in [0.1, 0.15) is 27.7 Å². The van der Waals surface area contributed by atoms with E-state index in [0.29, 0.717) is 4.91 Å². The highest BCUT2D eigenvalue weighted by Gasteiger charge is 2.40. The first-order valence-corrected chi connectivity index (χ1v) is 6.26. The zero-order valence-electron chi connectivity index (χ0n) is 10.1. The molecule has 1 heterocycles. The van der Waals surface area contributed by atoms with Crippen LogP contribution in [0.5, 0.6) is 0 Å². The van der Waals surface area contributed by atoms with Crippen LogP contribution in [0.2, 0.25) is 0 Å². The highest BCUT2D eigenvalue weighted by atomic mass is 32.2. The van der Waals surface area contributed by atoms with Crippen molar-refractivity contribution in [1.82, 2.24) is 0 Å². The number of allylic oxidation sites excluding steroid dienone is 1. The first kappa shape index (κ1) is 13.1. The summed E-state index contributed by atoms with van der Waals surface area (Å²) in [5.74, 6) is -2.28. The Bertz CT molecular complexity index is 333. The van der Waals surface area contributed by atoms with E-state index >= 15 is 0 Å². The van der Waals surface area contributed by atoms with Gasteiger partial charge in [-0.3, -0.25) is 0 Å². The summed E-state index contributed by atoms with van der Waals surface area (Å²) >= 11 is 1.37. The SMILES string of the molecule is CSC(=C1C(=O)OC(C)(C)OC1=O)C(C)C. The van der Waals surface area contributed by atoms with Gasteiger partial charge in [-0.15, -0.1) is 11.8 Å². The van der Waals surface area contributed by atoms with Gasteiger partial charge in [-0.05, 0) is 12.2 Å². The average Bonchev–Trinajstić information content (AvgIpc) is 2.08. The zero-order valence-corrected chi connectivity index (χ0v) is 10.9. The van der Waals surface area contributed by atoms with Gasteiger partial charge in [0.25, 0.3) is 5.79 Å². The number of carbonyl (C=O) groups excluding carboxylic acids is 2. The van der Waals surface area contributed by atoms with Crippen molar-refractivity contribution >= 4 is 23.7 Å². The molecule has 1 aliphatic rings. The Morgan fingerprint density at radius 3 is 1.94 bits per heavy atom. The van der Waals surface area contributed by atoms with E-state index in [1.165, 1.54) is 25.6 Å². The molecular formula is C11H16O4S. The summed E-state index contributed by atoms with van der Waals surface area (Å²) in [5, 5.41) is 0. The van der Waals surface area contributed by atoms with Gasteiger partial charge < -0.3 is 9.47 Å². The Labute approximate surface area is 99.4 Å². The first-order valence-electron chi connectivity index (χ1n) is 5.03. The lowest BCUT2D eigenvalue weighted by Crippen LogP contribution is -2.42. The number of esters is 2. The molecule has 0 aliphatic carbocycles. The second-order valence-corrected chi connectivity index (χ2v) is 5.13. The fourth-order valence-electron chi connectivity index (χ4n) is 1.48. The Balaban J connectivity index is 3.16. The summed E-state index contributed by atoms with van der Waals surface area (Å²) in [4.78, 5) is 24.2. The molecule has 0 atom stereocenters. The van der Waals surface area contributed by atoms with Crippen LogP contribution in [-0.2, 0) is 19.1 Å². The van der Waals surface area contributed by atoms with Gasteiger partial charge in [0.05, 0.1) is 0 Å². The summed E-state index contributed by atoms with van der Waals surface area (Å²) in [6, 6.07) is 0.